The van der Waals surface area contributed by atoms with Gasteiger partial charge in [0.2, 0.25) is 0 Å². The van der Waals surface area contributed by atoms with E-state index >= 15 is 0 Å². The lowest BCUT2D eigenvalue weighted by Gasteiger charge is -2.28. The van der Waals surface area contributed by atoms with Gasteiger partial charge in [0, 0.05) is 13.0 Å². The molecule has 176 valence electrons. The number of alkyl carbamates (subject to hydrolysis) is 1. The molecule has 1 heterocycles. The number of hydrogen-bond donors (Lipinski definition) is 3. The van der Waals surface area contributed by atoms with E-state index in [2.05, 4.69) is 17.6 Å². The molecule has 0 aromatic heterocycles. The van der Waals surface area contributed by atoms with E-state index in [1.807, 2.05) is 58.0 Å². The van der Waals surface area contributed by atoms with Crippen molar-refractivity contribution in [2.45, 2.75) is 77.4 Å². The fourth-order valence-corrected chi connectivity index (χ4v) is 3.54. The number of carbonyl (C=O) groups excluding carboxylic acids is 1. The van der Waals surface area contributed by atoms with Gasteiger partial charge in [0.05, 0.1) is 25.4 Å². The van der Waals surface area contributed by atoms with Crippen molar-refractivity contribution in [1.29, 1.82) is 0 Å². The fourth-order valence-electron chi connectivity index (χ4n) is 3.54. The highest BCUT2D eigenvalue weighted by atomic mass is 16.7. The topological polar surface area (TPSA) is 89.0 Å². The van der Waals surface area contributed by atoms with Gasteiger partial charge in [-0.25, -0.2) is 4.79 Å². The molecule has 7 nitrogen and oxygen atoms in total. The summed E-state index contributed by atoms with van der Waals surface area (Å²) in [5.74, 6) is -0.0606. The molecule has 31 heavy (non-hydrogen) atoms. The predicted octanol–water partition coefficient (Wildman–Crippen LogP) is 3.25. The van der Waals surface area contributed by atoms with Gasteiger partial charge in [-0.3, -0.25) is 0 Å². The average molecular weight is 437 g/mol. The van der Waals surface area contributed by atoms with Crippen LogP contribution in [0, 0.1) is 5.92 Å². The highest BCUT2D eigenvalue weighted by Gasteiger charge is 2.31. The Morgan fingerprint density at radius 2 is 1.84 bits per heavy atom. The molecule has 1 aliphatic heterocycles. The van der Waals surface area contributed by atoms with Crippen LogP contribution in [0.15, 0.2) is 30.3 Å². The number of nitrogens with one attached hydrogen (secondary N) is 2. The number of aliphatic hydroxyl groups is 1. The largest absolute Gasteiger partial charge is 0.444 e. The van der Waals surface area contributed by atoms with Crippen LogP contribution in [-0.2, 0) is 20.6 Å². The molecule has 0 spiro atoms. The van der Waals surface area contributed by atoms with Gasteiger partial charge in [-0.1, -0.05) is 37.3 Å². The van der Waals surface area contributed by atoms with Gasteiger partial charge in [0.25, 0.3) is 0 Å². The molecule has 7 heteroatoms. The van der Waals surface area contributed by atoms with E-state index in [0.29, 0.717) is 32.1 Å². The normalized spacial score (nSPS) is 18.9. The van der Waals surface area contributed by atoms with Crippen molar-refractivity contribution >= 4 is 6.09 Å². The second kappa shape index (κ2) is 11.8. The summed E-state index contributed by atoms with van der Waals surface area (Å²) in [7, 11) is 0. The fraction of sp³-hybridized carbons (Fsp3) is 0.708. The van der Waals surface area contributed by atoms with Gasteiger partial charge in [-0.2, -0.15) is 0 Å². The zero-order valence-corrected chi connectivity index (χ0v) is 19.6. The van der Waals surface area contributed by atoms with E-state index in [0.717, 1.165) is 24.9 Å². The Kier molecular flexibility index (Phi) is 9.75. The molecule has 3 atom stereocenters. The summed E-state index contributed by atoms with van der Waals surface area (Å²) in [5.41, 5.74) is 0.449. The second-order valence-corrected chi connectivity index (χ2v) is 9.64. The molecule has 0 radical (unpaired) electrons. The minimum atomic E-state index is -0.751. The van der Waals surface area contributed by atoms with Crippen LogP contribution in [0.4, 0.5) is 4.79 Å². The first-order chi connectivity index (χ1) is 14.6. The molecule has 1 aromatic rings. The molecular formula is C24H40N2O5. The minimum absolute atomic E-state index is 0.377. The van der Waals surface area contributed by atoms with E-state index in [1.165, 1.54) is 0 Å². The number of aliphatic hydroxyl groups excluding tert-OH is 1. The summed E-state index contributed by atoms with van der Waals surface area (Å²) in [6, 6.07) is 9.36. The third-order valence-electron chi connectivity index (χ3n) is 5.30. The molecule has 1 amide bonds. The van der Waals surface area contributed by atoms with Gasteiger partial charge in [0.1, 0.15) is 5.60 Å². The number of benzene rings is 1. The SMILES string of the molecule is CC(CCC1(C)OCCO1)CNC[C@@H](O)C(Cc1ccccc1)NC(=O)OC(C)(C)C. The third kappa shape index (κ3) is 9.99. The Hall–Kier alpha value is -1.67. The minimum Gasteiger partial charge on any atom is -0.444 e. The summed E-state index contributed by atoms with van der Waals surface area (Å²) in [4.78, 5) is 12.3. The smallest absolute Gasteiger partial charge is 0.407 e. The number of amides is 1. The highest BCUT2D eigenvalue weighted by Crippen LogP contribution is 2.25. The van der Waals surface area contributed by atoms with Crippen molar-refractivity contribution in [3.63, 3.8) is 0 Å². The molecule has 3 N–H and O–H groups in total. The molecule has 2 rings (SSSR count). The summed E-state index contributed by atoms with van der Waals surface area (Å²) in [6.45, 7) is 12.1. The van der Waals surface area contributed by atoms with Crippen LogP contribution in [0.5, 0.6) is 0 Å². The maximum absolute atomic E-state index is 12.3. The third-order valence-corrected chi connectivity index (χ3v) is 5.30. The summed E-state index contributed by atoms with van der Waals surface area (Å²) >= 11 is 0. The maximum Gasteiger partial charge on any atom is 0.407 e. The van der Waals surface area contributed by atoms with Crippen molar-refractivity contribution in [3.05, 3.63) is 35.9 Å². The second-order valence-electron chi connectivity index (χ2n) is 9.64. The van der Waals surface area contributed by atoms with Gasteiger partial charge in [0.15, 0.2) is 5.79 Å². The van der Waals surface area contributed by atoms with E-state index < -0.39 is 29.6 Å². The molecule has 1 aromatic carbocycles. The molecule has 1 aliphatic rings. The highest BCUT2D eigenvalue weighted by molar-refractivity contribution is 5.68. The Bertz CT molecular complexity index is 656. The quantitative estimate of drug-likeness (QED) is 0.493. The standard InChI is InChI=1S/C24H40N2O5/c1-18(11-12-24(5)29-13-14-30-24)16-25-17-21(27)20(15-19-9-7-6-8-10-19)26-22(28)31-23(2,3)4/h6-10,18,20-21,25,27H,11-17H2,1-5H3,(H,26,28)/t18?,20?,21-/m1/s1. The van der Waals surface area contributed by atoms with Crippen LogP contribution in [0.25, 0.3) is 0 Å². The van der Waals surface area contributed by atoms with Crippen LogP contribution < -0.4 is 10.6 Å². The van der Waals surface area contributed by atoms with Gasteiger partial charge in [-0.05, 0) is 58.6 Å². The van der Waals surface area contributed by atoms with Crippen LogP contribution >= 0.6 is 0 Å². The van der Waals surface area contributed by atoms with E-state index in [9.17, 15) is 9.90 Å². The number of ether oxygens (including phenoxy) is 3. The predicted molar refractivity (Wildman–Crippen MR) is 121 cm³/mol. The lowest BCUT2D eigenvalue weighted by atomic mass is 10.00. The van der Waals surface area contributed by atoms with Gasteiger partial charge < -0.3 is 30.0 Å². The number of hydrogen-bond acceptors (Lipinski definition) is 6. The van der Waals surface area contributed by atoms with Crippen molar-refractivity contribution in [2.24, 2.45) is 5.92 Å². The Balaban J connectivity index is 1.83. The first-order valence-corrected chi connectivity index (χ1v) is 11.3. The summed E-state index contributed by atoms with van der Waals surface area (Å²) in [5, 5.41) is 17.0. The average Bonchev–Trinajstić information content (AvgIpc) is 3.12. The Morgan fingerprint density at radius 1 is 1.19 bits per heavy atom. The van der Waals surface area contributed by atoms with Crippen LogP contribution in [0.3, 0.4) is 0 Å². The van der Waals surface area contributed by atoms with Crippen molar-refractivity contribution in [3.8, 4) is 0 Å². The van der Waals surface area contributed by atoms with E-state index in [-0.39, 0.29) is 0 Å². The van der Waals surface area contributed by atoms with E-state index in [1.54, 1.807) is 0 Å². The van der Waals surface area contributed by atoms with Crippen LogP contribution in [-0.4, -0.2) is 61.0 Å². The molecule has 1 fully saturated rings. The van der Waals surface area contributed by atoms with Gasteiger partial charge in [-0.15, -0.1) is 0 Å². The molecule has 1 saturated heterocycles. The Morgan fingerprint density at radius 3 is 2.45 bits per heavy atom. The van der Waals surface area contributed by atoms with Crippen LogP contribution in [0.2, 0.25) is 0 Å². The van der Waals surface area contributed by atoms with Crippen molar-refractivity contribution < 1.29 is 24.1 Å². The molecule has 0 bridgehead atoms. The van der Waals surface area contributed by atoms with Crippen molar-refractivity contribution in [1.82, 2.24) is 10.6 Å². The van der Waals surface area contributed by atoms with Crippen LogP contribution in [0.1, 0.15) is 53.0 Å². The molecular weight excluding hydrogens is 396 g/mol. The zero-order chi connectivity index (χ0) is 22.9. The monoisotopic (exact) mass is 436 g/mol. The molecule has 2 unspecified atom stereocenters. The lowest BCUT2D eigenvalue weighted by Crippen LogP contribution is -2.50. The summed E-state index contributed by atoms with van der Waals surface area (Å²) in [6.07, 6.45) is 1.05. The zero-order valence-electron chi connectivity index (χ0n) is 19.6. The number of rotatable bonds is 11. The maximum atomic E-state index is 12.3. The van der Waals surface area contributed by atoms with Gasteiger partial charge >= 0.3 is 6.09 Å². The van der Waals surface area contributed by atoms with Crippen molar-refractivity contribution in [2.75, 3.05) is 26.3 Å². The Labute approximate surface area is 186 Å². The number of carbonyl (C=O) groups is 1. The first-order valence-electron chi connectivity index (χ1n) is 11.3. The lowest BCUT2D eigenvalue weighted by molar-refractivity contribution is -0.148. The molecule has 0 saturated carbocycles. The first kappa shape index (κ1) is 25.6. The molecule has 0 aliphatic carbocycles. The summed E-state index contributed by atoms with van der Waals surface area (Å²) < 4.78 is 16.7. The van der Waals surface area contributed by atoms with E-state index in [4.69, 9.17) is 14.2 Å².